The van der Waals surface area contributed by atoms with Crippen LogP contribution < -0.4 is 9.47 Å². The van der Waals surface area contributed by atoms with Crippen molar-refractivity contribution in [3.63, 3.8) is 0 Å². The van der Waals surface area contributed by atoms with Gasteiger partial charge in [-0.25, -0.2) is 4.98 Å². The van der Waals surface area contributed by atoms with Gasteiger partial charge in [0.2, 0.25) is 11.7 Å². The fourth-order valence-electron chi connectivity index (χ4n) is 4.08. The second kappa shape index (κ2) is 8.64. The van der Waals surface area contributed by atoms with Gasteiger partial charge in [0.15, 0.2) is 0 Å². The second-order valence-electron chi connectivity index (χ2n) is 7.58. The molecule has 2 aromatic carbocycles. The van der Waals surface area contributed by atoms with Crippen LogP contribution >= 0.6 is 11.3 Å². The number of fused-ring (bicyclic) bond motifs is 1. The number of thiazole rings is 1. The first-order valence-electron chi connectivity index (χ1n) is 10.4. The summed E-state index contributed by atoms with van der Waals surface area (Å²) in [5, 5.41) is 5.37. The topological polar surface area (TPSA) is 73.5 Å². The molecule has 0 radical (unpaired) electrons. The van der Waals surface area contributed by atoms with E-state index in [0.717, 1.165) is 41.2 Å². The average molecular weight is 437 g/mol. The van der Waals surface area contributed by atoms with Gasteiger partial charge in [0.25, 0.3) is 0 Å². The first-order chi connectivity index (χ1) is 15.2. The number of hydrogen-bond donors (Lipinski definition) is 0. The first kappa shape index (κ1) is 20.0. The van der Waals surface area contributed by atoms with Crippen molar-refractivity contribution in [2.45, 2.75) is 31.8 Å². The zero-order valence-electron chi connectivity index (χ0n) is 17.6. The smallest absolute Gasteiger partial charge is 0.241 e. The monoisotopic (exact) mass is 436 g/mol. The molecule has 2 aromatic heterocycles. The predicted molar refractivity (Wildman–Crippen MR) is 119 cm³/mol. The average Bonchev–Trinajstić information content (AvgIpc) is 3.46. The number of para-hydroxylation sites is 1. The Balaban J connectivity index is 1.38. The van der Waals surface area contributed by atoms with Crippen molar-refractivity contribution in [2.75, 3.05) is 20.8 Å². The summed E-state index contributed by atoms with van der Waals surface area (Å²) >= 11 is 1.78. The summed E-state index contributed by atoms with van der Waals surface area (Å²) in [5.41, 5.74) is 1.85. The summed E-state index contributed by atoms with van der Waals surface area (Å²) in [6.45, 7) is 1.59. The number of likely N-dealkylation sites (tertiary alicyclic amines) is 1. The number of methoxy groups -OCH3 is 2. The summed E-state index contributed by atoms with van der Waals surface area (Å²) in [5.74, 6) is 2.48. The lowest BCUT2D eigenvalue weighted by Gasteiger charge is -2.33. The van der Waals surface area contributed by atoms with E-state index in [1.807, 2.05) is 24.3 Å². The molecule has 0 aliphatic carbocycles. The lowest BCUT2D eigenvalue weighted by molar-refractivity contribution is 0.124. The number of ether oxygens (including phenoxy) is 2. The maximum Gasteiger partial charge on any atom is 0.241 e. The number of rotatable bonds is 6. The molecule has 31 heavy (non-hydrogen) atoms. The molecule has 0 spiro atoms. The summed E-state index contributed by atoms with van der Waals surface area (Å²) in [4.78, 5) is 12.0. The molecule has 1 saturated heterocycles. The van der Waals surface area contributed by atoms with Crippen LogP contribution in [-0.2, 0) is 6.54 Å². The number of benzene rings is 2. The summed E-state index contributed by atoms with van der Waals surface area (Å²) < 4.78 is 17.6. The molecule has 1 atom stereocenters. The summed E-state index contributed by atoms with van der Waals surface area (Å²) in [6, 6.07) is 14.2. The Morgan fingerprint density at radius 1 is 1.10 bits per heavy atom. The Hall–Kier alpha value is -2.97. The molecule has 4 aromatic rings. The van der Waals surface area contributed by atoms with E-state index in [-0.39, 0.29) is 6.04 Å². The molecule has 7 nitrogen and oxygen atoms in total. The predicted octanol–water partition coefficient (Wildman–Crippen LogP) is 5.09. The molecule has 5 rings (SSSR count). The van der Waals surface area contributed by atoms with Crippen molar-refractivity contribution >= 4 is 21.6 Å². The summed E-state index contributed by atoms with van der Waals surface area (Å²) in [7, 11) is 3.25. The minimum atomic E-state index is 0.275. The molecular weight excluding hydrogens is 412 g/mol. The number of nitrogens with zero attached hydrogens (tertiary/aromatic N) is 4. The lowest BCUT2D eigenvalue weighted by Crippen LogP contribution is -2.33. The molecule has 3 heterocycles. The molecular formula is C23H24N4O3S. The maximum absolute atomic E-state index is 5.61. The third-order valence-corrected chi connectivity index (χ3v) is 6.80. The van der Waals surface area contributed by atoms with E-state index in [9.17, 15) is 0 Å². The van der Waals surface area contributed by atoms with Gasteiger partial charge in [-0.3, -0.25) is 4.90 Å². The van der Waals surface area contributed by atoms with Gasteiger partial charge < -0.3 is 14.0 Å². The first-order valence-corrected chi connectivity index (χ1v) is 11.2. The van der Waals surface area contributed by atoms with Crippen LogP contribution in [0.25, 0.3) is 21.6 Å². The van der Waals surface area contributed by atoms with E-state index >= 15 is 0 Å². The highest BCUT2D eigenvalue weighted by Crippen LogP contribution is 2.37. The van der Waals surface area contributed by atoms with Gasteiger partial charge in [0.1, 0.15) is 16.5 Å². The van der Waals surface area contributed by atoms with E-state index < -0.39 is 0 Å². The van der Waals surface area contributed by atoms with Crippen LogP contribution in [-0.4, -0.2) is 40.8 Å². The Bertz CT molecular complexity index is 1160. The van der Waals surface area contributed by atoms with Gasteiger partial charge in [-0.05, 0) is 43.7 Å². The minimum absolute atomic E-state index is 0.275. The van der Waals surface area contributed by atoms with Crippen LogP contribution in [0, 0.1) is 0 Å². The standard InChI is InChI=1S/C23H24N4O3S/c1-28-15-10-11-16(19(13-15)29-2)22-25-21(30-26-22)14-27-12-6-5-8-18(27)23-24-17-7-3-4-9-20(17)31-23/h3-4,7,9-11,13,18H,5-6,8,12,14H2,1-2H3. The van der Waals surface area contributed by atoms with Crippen molar-refractivity contribution in [3.05, 3.63) is 53.4 Å². The molecule has 1 aliphatic rings. The van der Waals surface area contributed by atoms with E-state index in [2.05, 4.69) is 33.2 Å². The van der Waals surface area contributed by atoms with E-state index in [4.69, 9.17) is 19.0 Å². The SMILES string of the molecule is COc1ccc(-c2noc(CN3CCCCC3c3nc4ccccc4s3)n2)c(OC)c1. The number of aromatic nitrogens is 3. The van der Waals surface area contributed by atoms with Gasteiger partial charge in [-0.15, -0.1) is 11.3 Å². The number of piperidine rings is 1. The van der Waals surface area contributed by atoms with Gasteiger partial charge in [0.05, 0.1) is 42.6 Å². The van der Waals surface area contributed by atoms with E-state index in [1.54, 1.807) is 25.6 Å². The fourth-order valence-corrected chi connectivity index (χ4v) is 5.22. The van der Waals surface area contributed by atoms with Crippen LogP contribution in [0.15, 0.2) is 47.0 Å². The normalized spacial score (nSPS) is 17.2. The highest BCUT2D eigenvalue weighted by atomic mass is 32.1. The Morgan fingerprint density at radius 3 is 2.84 bits per heavy atom. The molecule has 0 N–H and O–H groups in total. The Kier molecular flexibility index (Phi) is 5.57. The van der Waals surface area contributed by atoms with E-state index in [0.29, 0.717) is 24.0 Å². The third kappa shape index (κ3) is 4.00. The van der Waals surface area contributed by atoms with Crippen LogP contribution in [0.1, 0.15) is 36.2 Å². The van der Waals surface area contributed by atoms with Gasteiger partial charge in [0, 0.05) is 6.07 Å². The van der Waals surface area contributed by atoms with Gasteiger partial charge in [-0.1, -0.05) is 23.7 Å². The zero-order chi connectivity index (χ0) is 21.2. The van der Waals surface area contributed by atoms with Crippen LogP contribution in [0.2, 0.25) is 0 Å². The largest absolute Gasteiger partial charge is 0.497 e. The third-order valence-electron chi connectivity index (χ3n) is 5.67. The van der Waals surface area contributed by atoms with Crippen LogP contribution in [0.4, 0.5) is 0 Å². The molecule has 8 heteroatoms. The van der Waals surface area contributed by atoms with Crippen molar-refractivity contribution in [1.29, 1.82) is 0 Å². The highest BCUT2D eigenvalue weighted by Gasteiger charge is 2.28. The molecule has 160 valence electrons. The fraction of sp³-hybridized carbons (Fsp3) is 0.348. The summed E-state index contributed by atoms with van der Waals surface area (Å²) in [6.07, 6.45) is 3.46. The Morgan fingerprint density at radius 2 is 2.00 bits per heavy atom. The lowest BCUT2D eigenvalue weighted by atomic mass is 10.0. The quantitative estimate of drug-likeness (QED) is 0.417. The van der Waals surface area contributed by atoms with Gasteiger partial charge >= 0.3 is 0 Å². The minimum Gasteiger partial charge on any atom is -0.497 e. The van der Waals surface area contributed by atoms with Crippen molar-refractivity contribution in [3.8, 4) is 22.9 Å². The molecule has 0 bridgehead atoms. The molecule has 0 amide bonds. The zero-order valence-corrected chi connectivity index (χ0v) is 18.4. The van der Waals surface area contributed by atoms with Crippen LogP contribution in [0.5, 0.6) is 11.5 Å². The van der Waals surface area contributed by atoms with Gasteiger partial charge in [-0.2, -0.15) is 4.98 Å². The maximum atomic E-state index is 5.61. The van der Waals surface area contributed by atoms with Crippen molar-refractivity contribution in [2.24, 2.45) is 0 Å². The number of hydrogen-bond acceptors (Lipinski definition) is 8. The molecule has 1 unspecified atom stereocenters. The van der Waals surface area contributed by atoms with Crippen molar-refractivity contribution in [1.82, 2.24) is 20.0 Å². The van der Waals surface area contributed by atoms with E-state index in [1.165, 1.54) is 11.1 Å². The molecule has 1 fully saturated rings. The second-order valence-corrected chi connectivity index (χ2v) is 8.64. The molecule has 1 aliphatic heterocycles. The molecule has 0 saturated carbocycles. The Labute approximate surface area is 184 Å². The van der Waals surface area contributed by atoms with Crippen molar-refractivity contribution < 1.29 is 14.0 Å². The van der Waals surface area contributed by atoms with Crippen LogP contribution in [0.3, 0.4) is 0 Å². The highest BCUT2D eigenvalue weighted by molar-refractivity contribution is 7.18.